The quantitative estimate of drug-likeness (QED) is 0.747. The molecule has 1 aliphatic rings. The number of rotatable bonds is 6. The van der Waals surface area contributed by atoms with E-state index in [4.69, 9.17) is 0 Å². The van der Waals surface area contributed by atoms with Crippen molar-refractivity contribution in [1.82, 2.24) is 0 Å². The molecule has 0 bridgehead atoms. The highest BCUT2D eigenvalue weighted by Crippen LogP contribution is 2.24. The summed E-state index contributed by atoms with van der Waals surface area (Å²) in [5, 5.41) is 0. The molecule has 0 unspecified atom stereocenters. The first kappa shape index (κ1) is 15.7. The summed E-state index contributed by atoms with van der Waals surface area (Å²) in [6, 6.07) is 0. The fourth-order valence-corrected chi connectivity index (χ4v) is 3.47. The van der Waals surface area contributed by atoms with Crippen LogP contribution in [0.25, 0.3) is 0 Å². The van der Waals surface area contributed by atoms with Crippen molar-refractivity contribution in [3.63, 3.8) is 0 Å². The van der Waals surface area contributed by atoms with Crippen molar-refractivity contribution in [3.8, 4) is 0 Å². The topological polar surface area (TPSA) is 51.2 Å². The zero-order chi connectivity index (χ0) is 13.4. The molecule has 0 amide bonds. The van der Waals surface area contributed by atoms with Crippen LogP contribution in [0.15, 0.2) is 0 Å². The van der Waals surface area contributed by atoms with Crippen LogP contribution < -0.4 is 0 Å². The summed E-state index contributed by atoms with van der Waals surface area (Å²) in [4.78, 5) is 12.0. The largest absolute Gasteiger partial charge is 0.299 e. The van der Waals surface area contributed by atoms with Gasteiger partial charge in [0.1, 0.15) is 15.6 Å². The lowest BCUT2D eigenvalue weighted by Gasteiger charge is -2.18. The lowest BCUT2D eigenvalue weighted by atomic mass is 9.87. The van der Waals surface area contributed by atoms with Crippen molar-refractivity contribution in [3.05, 3.63) is 0 Å². The molecule has 106 valence electrons. The molecule has 3 nitrogen and oxygen atoms in total. The number of ketones is 1. The summed E-state index contributed by atoms with van der Waals surface area (Å²) < 4.78 is 22.7. The molecule has 0 heterocycles. The van der Waals surface area contributed by atoms with Crippen molar-refractivity contribution in [2.75, 3.05) is 11.5 Å². The Morgan fingerprint density at radius 2 is 1.61 bits per heavy atom. The summed E-state index contributed by atoms with van der Waals surface area (Å²) in [6.07, 6.45) is 9.08. The summed E-state index contributed by atoms with van der Waals surface area (Å²) in [5.41, 5.74) is 0. The van der Waals surface area contributed by atoms with Crippen LogP contribution in [0.1, 0.15) is 64.7 Å². The fraction of sp³-hybridized carbons (Fsp3) is 0.929. The van der Waals surface area contributed by atoms with Crippen molar-refractivity contribution in [2.24, 2.45) is 5.92 Å². The zero-order valence-corrected chi connectivity index (χ0v) is 12.3. The van der Waals surface area contributed by atoms with Crippen LogP contribution in [-0.2, 0) is 14.6 Å². The SMILES string of the molecule is CCS(=O)(=O)CCCC(=O)C1CCCCCCC1. The molecular weight excluding hydrogens is 248 g/mol. The lowest BCUT2D eigenvalue weighted by Crippen LogP contribution is -2.17. The van der Waals surface area contributed by atoms with E-state index in [0.29, 0.717) is 18.6 Å². The van der Waals surface area contributed by atoms with E-state index in [0.717, 1.165) is 25.7 Å². The van der Waals surface area contributed by atoms with Gasteiger partial charge in [-0.15, -0.1) is 0 Å². The van der Waals surface area contributed by atoms with E-state index >= 15 is 0 Å². The van der Waals surface area contributed by atoms with Gasteiger partial charge in [-0.05, 0) is 19.3 Å². The maximum absolute atomic E-state index is 12.0. The first-order chi connectivity index (χ1) is 8.55. The molecule has 0 aromatic heterocycles. The van der Waals surface area contributed by atoms with E-state index in [1.807, 2.05) is 0 Å². The number of carbonyl (C=O) groups excluding carboxylic acids is 1. The molecule has 1 fully saturated rings. The highest BCUT2D eigenvalue weighted by Gasteiger charge is 2.19. The predicted octanol–water partition coefficient (Wildman–Crippen LogP) is 3.13. The molecule has 0 aliphatic heterocycles. The summed E-state index contributed by atoms with van der Waals surface area (Å²) >= 11 is 0. The number of carbonyl (C=O) groups is 1. The van der Waals surface area contributed by atoms with Crippen LogP contribution in [0.3, 0.4) is 0 Å². The van der Waals surface area contributed by atoms with Gasteiger partial charge in [-0.1, -0.05) is 39.0 Å². The van der Waals surface area contributed by atoms with Gasteiger partial charge in [-0.3, -0.25) is 4.79 Å². The molecule has 1 aliphatic carbocycles. The first-order valence-corrected chi connectivity index (χ1v) is 9.10. The van der Waals surface area contributed by atoms with E-state index in [1.165, 1.54) is 19.3 Å². The maximum Gasteiger partial charge on any atom is 0.150 e. The van der Waals surface area contributed by atoms with Gasteiger partial charge in [0.15, 0.2) is 0 Å². The zero-order valence-electron chi connectivity index (χ0n) is 11.5. The minimum Gasteiger partial charge on any atom is -0.299 e. The molecule has 1 rings (SSSR count). The molecule has 18 heavy (non-hydrogen) atoms. The predicted molar refractivity (Wildman–Crippen MR) is 74.4 cm³/mol. The van der Waals surface area contributed by atoms with Crippen LogP contribution in [0, 0.1) is 5.92 Å². The average Bonchev–Trinajstić information content (AvgIpc) is 2.28. The molecular formula is C14H26O3S. The second kappa shape index (κ2) is 7.93. The highest BCUT2D eigenvalue weighted by molar-refractivity contribution is 7.91. The molecule has 0 spiro atoms. The molecule has 0 aromatic carbocycles. The summed E-state index contributed by atoms with van der Waals surface area (Å²) in [6.45, 7) is 1.66. The third kappa shape index (κ3) is 5.98. The van der Waals surface area contributed by atoms with Gasteiger partial charge < -0.3 is 0 Å². The van der Waals surface area contributed by atoms with Crippen LogP contribution >= 0.6 is 0 Å². The van der Waals surface area contributed by atoms with Gasteiger partial charge in [0.25, 0.3) is 0 Å². The minimum atomic E-state index is -2.91. The Kier molecular flexibility index (Phi) is 6.90. The normalized spacial score (nSPS) is 19.2. The Morgan fingerprint density at radius 3 is 2.17 bits per heavy atom. The standard InChI is InChI=1S/C14H26O3S/c1-2-18(16,17)12-8-11-14(15)13-9-6-4-3-5-7-10-13/h13H,2-12H2,1H3. The monoisotopic (exact) mass is 274 g/mol. The van der Waals surface area contributed by atoms with E-state index < -0.39 is 9.84 Å². The highest BCUT2D eigenvalue weighted by atomic mass is 32.2. The molecule has 4 heteroatoms. The second-order valence-electron chi connectivity index (χ2n) is 5.35. The molecule has 1 saturated carbocycles. The Balaban J connectivity index is 2.30. The van der Waals surface area contributed by atoms with E-state index in [1.54, 1.807) is 6.92 Å². The van der Waals surface area contributed by atoms with Gasteiger partial charge in [-0.2, -0.15) is 0 Å². The third-order valence-electron chi connectivity index (χ3n) is 3.88. The average molecular weight is 274 g/mol. The Bertz CT molecular complexity index is 338. The Morgan fingerprint density at radius 1 is 1.06 bits per heavy atom. The summed E-state index contributed by atoms with van der Waals surface area (Å²) in [5.74, 6) is 0.852. The van der Waals surface area contributed by atoms with E-state index in [2.05, 4.69) is 0 Å². The van der Waals surface area contributed by atoms with Crippen LogP contribution in [0.5, 0.6) is 0 Å². The van der Waals surface area contributed by atoms with Gasteiger partial charge in [-0.25, -0.2) is 8.42 Å². The van der Waals surface area contributed by atoms with Crippen molar-refractivity contribution in [2.45, 2.75) is 64.7 Å². The smallest absolute Gasteiger partial charge is 0.150 e. The van der Waals surface area contributed by atoms with Gasteiger partial charge >= 0.3 is 0 Å². The molecule has 0 atom stereocenters. The maximum atomic E-state index is 12.0. The Hall–Kier alpha value is -0.380. The number of hydrogen-bond acceptors (Lipinski definition) is 3. The first-order valence-electron chi connectivity index (χ1n) is 7.28. The van der Waals surface area contributed by atoms with Crippen LogP contribution in [-0.4, -0.2) is 25.7 Å². The molecule has 0 N–H and O–H groups in total. The van der Waals surface area contributed by atoms with Crippen LogP contribution in [0.4, 0.5) is 0 Å². The summed E-state index contributed by atoms with van der Waals surface area (Å²) in [7, 11) is -2.91. The van der Waals surface area contributed by atoms with E-state index in [-0.39, 0.29) is 17.4 Å². The molecule has 0 aromatic rings. The van der Waals surface area contributed by atoms with E-state index in [9.17, 15) is 13.2 Å². The second-order valence-corrected chi connectivity index (χ2v) is 7.82. The van der Waals surface area contributed by atoms with Gasteiger partial charge in [0.05, 0.1) is 5.75 Å². The Labute approximate surface area is 111 Å². The molecule has 0 radical (unpaired) electrons. The fourth-order valence-electron chi connectivity index (χ4n) is 2.59. The van der Waals surface area contributed by atoms with Crippen molar-refractivity contribution >= 4 is 15.6 Å². The van der Waals surface area contributed by atoms with Crippen LogP contribution in [0.2, 0.25) is 0 Å². The lowest BCUT2D eigenvalue weighted by molar-refractivity contribution is -0.123. The number of hydrogen-bond donors (Lipinski definition) is 0. The van der Waals surface area contributed by atoms with Gasteiger partial charge in [0.2, 0.25) is 0 Å². The van der Waals surface area contributed by atoms with Crippen molar-refractivity contribution < 1.29 is 13.2 Å². The third-order valence-corrected chi connectivity index (χ3v) is 5.67. The molecule has 0 saturated heterocycles. The van der Waals surface area contributed by atoms with Crippen molar-refractivity contribution in [1.29, 1.82) is 0 Å². The number of Topliss-reactive ketones (excluding diaryl/α,β-unsaturated/α-hetero) is 1. The minimum absolute atomic E-state index is 0.169. The van der Waals surface area contributed by atoms with Gasteiger partial charge in [0, 0.05) is 18.1 Å². The number of sulfone groups is 1.